The number of nitrogens with zero attached hydrogens (tertiary/aromatic N) is 1. The summed E-state index contributed by atoms with van der Waals surface area (Å²) in [5.41, 5.74) is 9.80. The molecule has 0 amide bonds. The first-order valence-electron chi connectivity index (χ1n) is 7.40. The lowest BCUT2D eigenvalue weighted by Crippen LogP contribution is -2.10. The highest BCUT2D eigenvalue weighted by molar-refractivity contribution is 5.85. The second-order valence-corrected chi connectivity index (χ2v) is 6.45. The lowest BCUT2D eigenvalue weighted by Gasteiger charge is -2.19. The molecular weight excluding hydrogens is 248 g/mol. The molecule has 1 aromatic carbocycles. The van der Waals surface area contributed by atoms with Crippen molar-refractivity contribution in [3.63, 3.8) is 0 Å². The molecule has 2 rings (SSSR count). The largest absolute Gasteiger partial charge is 0.396 e. The van der Waals surface area contributed by atoms with Gasteiger partial charge in [0.25, 0.3) is 0 Å². The number of aliphatic hydroxyl groups is 1. The Morgan fingerprint density at radius 2 is 2.00 bits per heavy atom. The van der Waals surface area contributed by atoms with Crippen molar-refractivity contribution in [2.75, 3.05) is 13.2 Å². The number of nitrogens with two attached hydrogens (primary N) is 1. The second kappa shape index (κ2) is 5.98. The predicted molar refractivity (Wildman–Crippen MR) is 85.1 cm³/mol. The summed E-state index contributed by atoms with van der Waals surface area (Å²) >= 11 is 0. The van der Waals surface area contributed by atoms with Crippen molar-refractivity contribution in [2.45, 2.75) is 45.6 Å². The second-order valence-electron chi connectivity index (χ2n) is 6.45. The van der Waals surface area contributed by atoms with Crippen LogP contribution in [0.4, 0.5) is 0 Å². The number of aryl methyl sites for hydroxylation is 1. The standard InChI is InChI=1S/C17H26N2O/c1-17(2,3)14-5-6-16-15(11-14)13(7-8-18)12-19(16)9-4-10-20/h5-6,11-12,20H,4,7-10,18H2,1-3H3. The van der Waals surface area contributed by atoms with Crippen LogP contribution in [-0.2, 0) is 18.4 Å². The predicted octanol–water partition coefficient (Wildman–Crippen LogP) is 2.82. The molecule has 0 aliphatic heterocycles. The van der Waals surface area contributed by atoms with E-state index in [2.05, 4.69) is 49.7 Å². The van der Waals surface area contributed by atoms with E-state index in [0.717, 1.165) is 19.4 Å². The summed E-state index contributed by atoms with van der Waals surface area (Å²) in [4.78, 5) is 0. The van der Waals surface area contributed by atoms with E-state index in [9.17, 15) is 0 Å². The molecule has 3 N–H and O–H groups in total. The van der Waals surface area contributed by atoms with Gasteiger partial charge in [-0.1, -0.05) is 26.8 Å². The van der Waals surface area contributed by atoms with Crippen molar-refractivity contribution in [1.82, 2.24) is 4.57 Å². The van der Waals surface area contributed by atoms with E-state index < -0.39 is 0 Å². The molecule has 0 unspecified atom stereocenters. The number of rotatable bonds is 5. The van der Waals surface area contributed by atoms with Crippen molar-refractivity contribution in [1.29, 1.82) is 0 Å². The monoisotopic (exact) mass is 274 g/mol. The lowest BCUT2D eigenvalue weighted by molar-refractivity contribution is 0.280. The van der Waals surface area contributed by atoms with Gasteiger partial charge in [-0.15, -0.1) is 0 Å². The number of aliphatic hydroxyl groups excluding tert-OH is 1. The van der Waals surface area contributed by atoms with E-state index in [1.165, 1.54) is 22.0 Å². The average Bonchev–Trinajstić information content (AvgIpc) is 2.74. The highest BCUT2D eigenvalue weighted by atomic mass is 16.3. The van der Waals surface area contributed by atoms with Gasteiger partial charge < -0.3 is 15.4 Å². The first-order valence-corrected chi connectivity index (χ1v) is 7.40. The molecule has 0 spiro atoms. The van der Waals surface area contributed by atoms with Gasteiger partial charge >= 0.3 is 0 Å². The fraction of sp³-hybridized carbons (Fsp3) is 0.529. The van der Waals surface area contributed by atoms with Gasteiger partial charge in [-0.3, -0.25) is 0 Å². The Bertz CT molecular complexity index is 578. The molecule has 3 nitrogen and oxygen atoms in total. The van der Waals surface area contributed by atoms with Gasteiger partial charge in [0.15, 0.2) is 0 Å². The van der Waals surface area contributed by atoms with Gasteiger partial charge in [-0.2, -0.15) is 0 Å². The van der Waals surface area contributed by atoms with Gasteiger partial charge in [0, 0.05) is 30.3 Å². The molecule has 0 atom stereocenters. The first kappa shape index (κ1) is 15.1. The van der Waals surface area contributed by atoms with Gasteiger partial charge in [-0.05, 0) is 48.1 Å². The third kappa shape index (κ3) is 3.05. The highest BCUT2D eigenvalue weighted by Crippen LogP contribution is 2.29. The fourth-order valence-electron chi connectivity index (χ4n) is 2.62. The van der Waals surface area contributed by atoms with Crippen molar-refractivity contribution < 1.29 is 5.11 Å². The van der Waals surface area contributed by atoms with Crippen LogP contribution in [0, 0.1) is 0 Å². The van der Waals surface area contributed by atoms with E-state index in [4.69, 9.17) is 10.8 Å². The maximum absolute atomic E-state index is 9.03. The molecule has 2 aromatic rings. The van der Waals surface area contributed by atoms with Crippen molar-refractivity contribution in [3.05, 3.63) is 35.5 Å². The molecule has 0 saturated heterocycles. The molecule has 0 bridgehead atoms. The minimum Gasteiger partial charge on any atom is -0.396 e. The molecule has 0 radical (unpaired) electrons. The van der Waals surface area contributed by atoms with E-state index in [1.807, 2.05) is 0 Å². The van der Waals surface area contributed by atoms with E-state index in [1.54, 1.807) is 0 Å². The maximum atomic E-state index is 9.03. The van der Waals surface area contributed by atoms with Gasteiger partial charge in [-0.25, -0.2) is 0 Å². The molecule has 3 heteroatoms. The van der Waals surface area contributed by atoms with E-state index in [0.29, 0.717) is 6.54 Å². The zero-order chi connectivity index (χ0) is 14.8. The smallest absolute Gasteiger partial charge is 0.0483 e. The molecule has 1 aromatic heterocycles. The number of hydrogen-bond acceptors (Lipinski definition) is 2. The Morgan fingerprint density at radius 3 is 2.60 bits per heavy atom. The van der Waals surface area contributed by atoms with Crippen LogP contribution in [0.25, 0.3) is 10.9 Å². The van der Waals surface area contributed by atoms with Gasteiger partial charge in [0.05, 0.1) is 0 Å². The Morgan fingerprint density at radius 1 is 1.25 bits per heavy atom. The van der Waals surface area contributed by atoms with Crippen LogP contribution in [0.1, 0.15) is 38.3 Å². The Hall–Kier alpha value is -1.32. The number of hydrogen-bond donors (Lipinski definition) is 2. The molecule has 1 heterocycles. The normalized spacial score (nSPS) is 12.2. The van der Waals surface area contributed by atoms with Gasteiger partial charge in [0.1, 0.15) is 0 Å². The van der Waals surface area contributed by atoms with E-state index >= 15 is 0 Å². The molecule has 20 heavy (non-hydrogen) atoms. The maximum Gasteiger partial charge on any atom is 0.0483 e. The first-order chi connectivity index (χ1) is 9.47. The fourth-order valence-corrected chi connectivity index (χ4v) is 2.62. The molecule has 0 fully saturated rings. The summed E-state index contributed by atoms with van der Waals surface area (Å²) in [6.07, 6.45) is 3.88. The molecule has 0 aliphatic carbocycles. The summed E-state index contributed by atoms with van der Waals surface area (Å²) in [6, 6.07) is 6.72. The van der Waals surface area contributed by atoms with Crippen LogP contribution >= 0.6 is 0 Å². The molecule has 0 saturated carbocycles. The van der Waals surface area contributed by atoms with Crippen LogP contribution in [0.2, 0.25) is 0 Å². The molecule has 110 valence electrons. The number of fused-ring (bicyclic) bond motifs is 1. The Labute approximate surface area is 121 Å². The summed E-state index contributed by atoms with van der Waals surface area (Å²) in [7, 11) is 0. The highest BCUT2D eigenvalue weighted by Gasteiger charge is 2.16. The lowest BCUT2D eigenvalue weighted by atomic mass is 9.86. The van der Waals surface area contributed by atoms with Crippen LogP contribution in [-0.4, -0.2) is 22.8 Å². The number of aromatic nitrogens is 1. The Balaban J connectivity index is 2.51. The summed E-state index contributed by atoms with van der Waals surface area (Å²) < 4.78 is 2.24. The third-order valence-corrected chi connectivity index (χ3v) is 3.80. The zero-order valence-electron chi connectivity index (χ0n) is 12.8. The molecular formula is C17H26N2O. The third-order valence-electron chi connectivity index (χ3n) is 3.80. The molecule has 0 aliphatic rings. The SMILES string of the molecule is CC(C)(C)c1ccc2c(c1)c(CCN)cn2CCCO. The summed E-state index contributed by atoms with van der Waals surface area (Å²) in [5, 5.41) is 10.3. The van der Waals surface area contributed by atoms with Crippen LogP contribution in [0.5, 0.6) is 0 Å². The van der Waals surface area contributed by atoms with Crippen LogP contribution in [0.15, 0.2) is 24.4 Å². The van der Waals surface area contributed by atoms with Gasteiger partial charge in [0.2, 0.25) is 0 Å². The quantitative estimate of drug-likeness (QED) is 0.881. The summed E-state index contributed by atoms with van der Waals surface area (Å²) in [6.45, 7) is 8.45. The average molecular weight is 274 g/mol. The topological polar surface area (TPSA) is 51.2 Å². The zero-order valence-corrected chi connectivity index (χ0v) is 12.8. The van der Waals surface area contributed by atoms with Crippen molar-refractivity contribution >= 4 is 10.9 Å². The number of benzene rings is 1. The minimum absolute atomic E-state index is 0.154. The van der Waals surface area contributed by atoms with Crippen molar-refractivity contribution in [3.8, 4) is 0 Å². The Kier molecular flexibility index (Phi) is 4.51. The van der Waals surface area contributed by atoms with Crippen molar-refractivity contribution in [2.24, 2.45) is 5.73 Å². The van der Waals surface area contributed by atoms with E-state index in [-0.39, 0.29) is 12.0 Å². The summed E-state index contributed by atoms with van der Waals surface area (Å²) in [5.74, 6) is 0. The van der Waals surface area contributed by atoms with Crippen LogP contribution in [0.3, 0.4) is 0 Å². The minimum atomic E-state index is 0.154. The van der Waals surface area contributed by atoms with Crippen LogP contribution < -0.4 is 5.73 Å².